The van der Waals surface area contributed by atoms with Gasteiger partial charge in [-0.3, -0.25) is 14.4 Å². The van der Waals surface area contributed by atoms with Gasteiger partial charge in [-0.25, -0.2) is 8.78 Å². The average Bonchev–Trinajstić information content (AvgIpc) is 3.97. The van der Waals surface area contributed by atoms with E-state index in [0.29, 0.717) is 49.0 Å². The minimum Gasteiger partial charge on any atom is -0.488 e. The second-order valence-corrected chi connectivity index (χ2v) is 15.0. The van der Waals surface area contributed by atoms with Gasteiger partial charge in [-0.2, -0.15) is 4.39 Å². The van der Waals surface area contributed by atoms with E-state index >= 15 is 0 Å². The molecule has 0 spiro atoms. The van der Waals surface area contributed by atoms with Gasteiger partial charge < -0.3 is 25.0 Å². The summed E-state index contributed by atoms with van der Waals surface area (Å²) >= 11 is 6.54. The maximum absolute atomic E-state index is 14.7. The number of amides is 2. The van der Waals surface area contributed by atoms with Crippen molar-refractivity contribution in [2.24, 2.45) is 5.41 Å². The van der Waals surface area contributed by atoms with Gasteiger partial charge in [-0.15, -0.1) is 0 Å². The average molecular weight is 738 g/mol. The molecule has 2 bridgehead atoms. The number of rotatable bonds is 14. The first-order chi connectivity index (χ1) is 24.8. The fourth-order valence-electron chi connectivity index (χ4n) is 6.94. The maximum Gasteiger partial charge on any atom is 0.309 e. The van der Waals surface area contributed by atoms with Gasteiger partial charge in [0.25, 0.3) is 5.91 Å². The number of fused-ring (bicyclic) bond motifs is 2. The lowest BCUT2D eigenvalue weighted by atomic mass is 9.82. The van der Waals surface area contributed by atoms with E-state index in [0.717, 1.165) is 41.2 Å². The van der Waals surface area contributed by atoms with Crippen molar-refractivity contribution in [3.05, 3.63) is 105 Å². The van der Waals surface area contributed by atoms with Crippen molar-refractivity contribution in [1.29, 1.82) is 0 Å². The molecule has 2 aliphatic heterocycles. The molecule has 1 saturated carbocycles. The van der Waals surface area contributed by atoms with Crippen LogP contribution in [0.2, 0.25) is 5.02 Å². The molecule has 0 aromatic heterocycles. The lowest BCUT2D eigenvalue weighted by molar-refractivity contribution is -0.148. The zero-order valence-corrected chi connectivity index (χ0v) is 30.0. The SMILES string of the molecule is CC(C)(CCC(=O)N1CC2CC(c3ccc(CCCOc4c(F)ccc(F)c4F)cc3)=C(C(=O)N(Cc3ccccc3Cl)C3CC3)C(C1)N2)C(=O)O. The zero-order valence-electron chi connectivity index (χ0n) is 29.3. The summed E-state index contributed by atoms with van der Waals surface area (Å²) in [5.74, 6) is -5.41. The number of benzene rings is 3. The molecule has 0 radical (unpaired) electrons. The molecule has 2 atom stereocenters. The van der Waals surface area contributed by atoms with E-state index in [2.05, 4.69) is 5.32 Å². The molecule has 2 amide bonds. The predicted octanol–water partition coefficient (Wildman–Crippen LogP) is 7.18. The summed E-state index contributed by atoms with van der Waals surface area (Å²) in [4.78, 5) is 43.5. The third-order valence-corrected chi connectivity index (χ3v) is 10.6. The number of carboxylic acids is 1. The van der Waals surface area contributed by atoms with Crippen molar-refractivity contribution in [3.8, 4) is 5.75 Å². The highest BCUT2D eigenvalue weighted by molar-refractivity contribution is 6.31. The molecule has 3 aromatic rings. The van der Waals surface area contributed by atoms with Crippen molar-refractivity contribution in [3.63, 3.8) is 0 Å². The number of halogens is 4. The first-order valence-electron chi connectivity index (χ1n) is 17.7. The topological polar surface area (TPSA) is 99.2 Å². The van der Waals surface area contributed by atoms with Gasteiger partial charge in [0.2, 0.25) is 11.7 Å². The quantitative estimate of drug-likeness (QED) is 0.134. The molecule has 3 aromatic carbocycles. The van der Waals surface area contributed by atoms with Crippen LogP contribution in [-0.4, -0.2) is 70.5 Å². The summed E-state index contributed by atoms with van der Waals surface area (Å²) in [5, 5.41) is 13.8. The third-order valence-electron chi connectivity index (χ3n) is 10.2. The molecular weight excluding hydrogens is 695 g/mol. The molecule has 12 heteroatoms. The van der Waals surface area contributed by atoms with Crippen molar-refractivity contribution < 1.29 is 37.4 Å². The molecule has 1 saturated heterocycles. The first kappa shape index (κ1) is 37.4. The Bertz CT molecular complexity index is 1860. The van der Waals surface area contributed by atoms with Crippen molar-refractivity contribution in [2.75, 3.05) is 19.7 Å². The number of nitrogens with zero attached hydrogens (tertiary/aromatic N) is 2. The van der Waals surface area contributed by atoms with Crippen LogP contribution in [0.1, 0.15) is 69.1 Å². The molecular formula is C40H43ClF3N3O5. The van der Waals surface area contributed by atoms with Crippen molar-refractivity contribution in [1.82, 2.24) is 15.1 Å². The van der Waals surface area contributed by atoms with Gasteiger partial charge in [0.15, 0.2) is 17.4 Å². The molecule has 3 aliphatic rings. The number of piperazine rings is 1. The van der Waals surface area contributed by atoms with Gasteiger partial charge in [0.05, 0.1) is 18.1 Å². The van der Waals surface area contributed by atoms with Gasteiger partial charge in [-0.05, 0) is 92.8 Å². The Hall–Kier alpha value is -4.35. The molecule has 2 unspecified atom stereocenters. The van der Waals surface area contributed by atoms with Crippen LogP contribution >= 0.6 is 11.6 Å². The Kier molecular flexibility index (Phi) is 11.3. The largest absolute Gasteiger partial charge is 0.488 e. The number of hydrogen-bond donors (Lipinski definition) is 2. The number of carbonyl (C=O) groups excluding carboxylic acids is 2. The van der Waals surface area contributed by atoms with E-state index in [1.165, 1.54) is 0 Å². The van der Waals surface area contributed by atoms with Crippen LogP contribution in [0.3, 0.4) is 0 Å². The zero-order chi connectivity index (χ0) is 37.2. The summed E-state index contributed by atoms with van der Waals surface area (Å²) in [7, 11) is 0. The number of carbonyl (C=O) groups is 3. The molecule has 6 rings (SSSR count). The van der Waals surface area contributed by atoms with E-state index in [4.69, 9.17) is 16.3 Å². The molecule has 1 aliphatic carbocycles. The van der Waals surface area contributed by atoms with Crippen LogP contribution in [0.25, 0.3) is 5.57 Å². The van der Waals surface area contributed by atoms with Gasteiger partial charge in [-0.1, -0.05) is 54.1 Å². The standard InChI is InChI=1S/C40H43ClF3N3O5/c1-40(2,39(50)51)18-17-34(48)46-22-27-20-29(25-11-9-24(10-12-25)6-5-19-52-37-32(43)16-15-31(42)36(37)44)35(33(23-46)45-27)38(49)47(28-13-14-28)21-26-7-3-4-8-30(26)41/h3-4,7-12,15-16,27-28,33,45H,5-6,13-14,17-23H2,1-2H3,(H,50,51). The van der Waals surface area contributed by atoms with Crippen LogP contribution in [0.15, 0.2) is 66.2 Å². The highest BCUT2D eigenvalue weighted by Crippen LogP contribution is 2.38. The number of ether oxygens (including phenoxy) is 1. The number of aryl methyl sites for hydroxylation is 1. The fourth-order valence-corrected chi connectivity index (χ4v) is 7.13. The van der Waals surface area contributed by atoms with Gasteiger partial charge in [0.1, 0.15) is 0 Å². The number of aliphatic carboxylic acids is 1. The van der Waals surface area contributed by atoms with Crippen LogP contribution in [0, 0.1) is 22.9 Å². The second-order valence-electron chi connectivity index (χ2n) is 14.6. The van der Waals surface area contributed by atoms with Crippen LogP contribution < -0.4 is 10.1 Å². The Labute approximate surface area is 306 Å². The summed E-state index contributed by atoms with van der Waals surface area (Å²) in [6.45, 7) is 4.28. The molecule has 276 valence electrons. The molecule has 2 N–H and O–H groups in total. The monoisotopic (exact) mass is 737 g/mol. The van der Waals surface area contributed by atoms with E-state index in [9.17, 15) is 32.7 Å². The fraction of sp³-hybridized carbons (Fsp3) is 0.425. The first-order valence-corrected chi connectivity index (χ1v) is 18.1. The Morgan fingerprint density at radius 3 is 2.40 bits per heavy atom. The molecule has 8 nitrogen and oxygen atoms in total. The third kappa shape index (κ3) is 8.47. The summed E-state index contributed by atoms with van der Waals surface area (Å²) in [6.07, 6.45) is 3.56. The molecule has 2 heterocycles. The number of nitrogens with one attached hydrogen (secondary N) is 1. The van der Waals surface area contributed by atoms with Crippen LogP contribution in [-0.2, 0) is 27.3 Å². The Morgan fingerprint density at radius 2 is 1.71 bits per heavy atom. The number of carboxylic acid groups (broad SMARTS) is 1. The van der Waals surface area contributed by atoms with Crippen LogP contribution in [0.5, 0.6) is 5.75 Å². The van der Waals surface area contributed by atoms with Crippen molar-refractivity contribution in [2.45, 2.75) is 83.5 Å². The summed E-state index contributed by atoms with van der Waals surface area (Å²) in [5.41, 5.74) is 3.18. The lowest BCUT2D eigenvalue weighted by Crippen LogP contribution is -2.62. The Balaban J connectivity index is 1.23. The highest BCUT2D eigenvalue weighted by atomic mass is 35.5. The van der Waals surface area contributed by atoms with E-state index in [1.807, 2.05) is 53.4 Å². The Morgan fingerprint density at radius 1 is 1.00 bits per heavy atom. The van der Waals surface area contributed by atoms with Crippen molar-refractivity contribution >= 4 is 35.0 Å². The van der Waals surface area contributed by atoms with E-state index in [-0.39, 0.29) is 49.9 Å². The molecule has 52 heavy (non-hydrogen) atoms. The van der Waals surface area contributed by atoms with Gasteiger partial charge >= 0.3 is 5.97 Å². The lowest BCUT2D eigenvalue weighted by Gasteiger charge is -2.45. The summed E-state index contributed by atoms with van der Waals surface area (Å²) in [6, 6.07) is 16.4. The smallest absolute Gasteiger partial charge is 0.309 e. The van der Waals surface area contributed by atoms with Crippen LogP contribution in [0.4, 0.5) is 13.2 Å². The second kappa shape index (κ2) is 15.7. The minimum absolute atomic E-state index is 0.0106. The number of hydrogen-bond acceptors (Lipinski definition) is 5. The minimum atomic E-state index is -1.35. The molecule has 2 fully saturated rings. The van der Waals surface area contributed by atoms with E-state index < -0.39 is 40.6 Å². The predicted molar refractivity (Wildman–Crippen MR) is 191 cm³/mol. The normalized spacial score (nSPS) is 18.7. The highest BCUT2D eigenvalue weighted by Gasteiger charge is 2.43. The maximum atomic E-state index is 14.7. The van der Waals surface area contributed by atoms with E-state index in [1.54, 1.807) is 18.7 Å². The summed E-state index contributed by atoms with van der Waals surface area (Å²) < 4.78 is 46.7. The van der Waals surface area contributed by atoms with Gasteiger partial charge in [0, 0.05) is 48.7 Å².